The van der Waals surface area contributed by atoms with Gasteiger partial charge in [-0.1, -0.05) is 24.3 Å². The summed E-state index contributed by atoms with van der Waals surface area (Å²) in [4.78, 5) is 12.2. The van der Waals surface area contributed by atoms with Crippen molar-refractivity contribution in [3.05, 3.63) is 78.8 Å². The molecule has 0 radical (unpaired) electrons. The van der Waals surface area contributed by atoms with Crippen LogP contribution < -0.4 is 5.32 Å². The van der Waals surface area contributed by atoms with Crippen LogP contribution in [0.25, 0.3) is 22.2 Å². The van der Waals surface area contributed by atoms with Gasteiger partial charge in [0, 0.05) is 30.7 Å². The number of nitrogens with zero attached hydrogens (tertiary/aromatic N) is 2. The molecule has 4 rings (SSSR count). The van der Waals surface area contributed by atoms with Crippen LogP contribution in [-0.4, -0.2) is 15.0 Å². The molecule has 3 aromatic heterocycles. The van der Waals surface area contributed by atoms with Crippen molar-refractivity contribution >= 4 is 16.7 Å². The molecule has 0 aliphatic carbocycles. The van der Waals surface area contributed by atoms with Crippen LogP contribution in [-0.2, 0) is 6.54 Å². The van der Waals surface area contributed by atoms with Crippen molar-refractivity contribution in [2.24, 2.45) is 0 Å². The molecule has 2 N–H and O–H groups in total. The number of aromatic nitrogens is 3. The lowest BCUT2D eigenvalue weighted by Crippen LogP contribution is -2.03. The molecule has 3 heterocycles. The van der Waals surface area contributed by atoms with Crippen molar-refractivity contribution in [1.29, 1.82) is 0 Å². The highest BCUT2D eigenvalue weighted by Gasteiger charge is 2.08. The van der Waals surface area contributed by atoms with Gasteiger partial charge in [-0.05, 0) is 41.3 Å². The minimum absolute atomic E-state index is 0.703. The molecule has 0 atom stereocenters. The summed E-state index contributed by atoms with van der Waals surface area (Å²) in [5.41, 5.74) is 4.30. The van der Waals surface area contributed by atoms with Gasteiger partial charge in [0.25, 0.3) is 0 Å². The van der Waals surface area contributed by atoms with Gasteiger partial charge in [0.1, 0.15) is 5.82 Å². The molecule has 0 saturated heterocycles. The summed E-state index contributed by atoms with van der Waals surface area (Å²) in [6, 6.07) is 18.2. The smallest absolute Gasteiger partial charge is 0.135 e. The number of benzene rings is 1. The number of nitrogens with one attached hydrogen (secondary N) is 2. The Morgan fingerprint density at radius 2 is 1.83 bits per heavy atom. The minimum atomic E-state index is 0.703. The summed E-state index contributed by atoms with van der Waals surface area (Å²) in [6.07, 6.45) is 5.56. The summed E-state index contributed by atoms with van der Waals surface area (Å²) in [5.74, 6) is 0.842. The average molecular weight is 300 g/mol. The first-order valence-corrected chi connectivity index (χ1v) is 7.57. The molecular weight excluding hydrogens is 284 g/mol. The Morgan fingerprint density at radius 1 is 0.870 bits per heavy atom. The number of aromatic amines is 1. The van der Waals surface area contributed by atoms with E-state index in [2.05, 4.69) is 44.5 Å². The maximum absolute atomic E-state index is 4.48. The van der Waals surface area contributed by atoms with Gasteiger partial charge in [-0.15, -0.1) is 0 Å². The Hall–Kier alpha value is -3.14. The molecule has 0 saturated carbocycles. The number of fused-ring (bicyclic) bond motifs is 1. The van der Waals surface area contributed by atoms with Crippen LogP contribution in [0.5, 0.6) is 0 Å². The molecule has 0 unspecified atom stereocenters. The lowest BCUT2D eigenvalue weighted by atomic mass is 10.1. The van der Waals surface area contributed by atoms with Crippen molar-refractivity contribution in [2.75, 3.05) is 5.32 Å². The standard InChI is InChI=1S/C19H16N4/c1-2-10-20-17(8-1)16-7-4-11-22-19(16)23-13-15-6-3-5-14-9-12-21-18(14)15/h1-12,21H,13H2,(H,22,23). The van der Waals surface area contributed by atoms with Crippen LogP contribution in [0.2, 0.25) is 0 Å². The minimum Gasteiger partial charge on any atom is -0.365 e. The van der Waals surface area contributed by atoms with Crippen LogP contribution in [0.3, 0.4) is 0 Å². The van der Waals surface area contributed by atoms with Crippen molar-refractivity contribution in [2.45, 2.75) is 6.54 Å². The Balaban J connectivity index is 1.64. The van der Waals surface area contributed by atoms with Gasteiger partial charge in [-0.2, -0.15) is 0 Å². The number of hydrogen-bond acceptors (Lipinski definition) is 3. The van der Waals surface area contributed by atoms with Gasteiger partial charge >= 0.3 is 0 Å². The molecule has 112 valence electrons. The van der Waals surface area contributed by atoms with Crippen LogP contribution in [0.4, 0.5) is 5.82 Å². The third-order valence-electron chi connectivity index (χ3n) is 3.87. The zero-order valence-electron chi connectivity index (χ0n) is 12.5. The molecule has 0 spiro atoms. The van der Waals surface area contributed by atoms with Crippen LogP contribution in [0, 0.1) is 0 Å². The third kappa shape index (κ3) is 2.66. The number of H-pyrrole nitrogens is 1. The predicted octanol–water partition coefficient (Wildman–Crippen LogP) is 4.24. The van der Waals surface area contributed by atoms with E-state index in [0.29, 0.717) is 6.54 Å². The second-order valence-corrected chi connectivity index (χ2v) is 5.33. The summed E-state index contributed by atoms with van der Waals surface area (Å²) >= 11 is 0. The van der Waals surface area contributed by atoms with E-state index >= 15 is 0 Å². The van der Waals surface area contributed by atoms with Gasteiger partial charge in [0.2, 0.25) is 0 Å². The first-order valence-electron chi connectivity index (χ1n) is 7.57. The van der Waals surface area contributed by atoms with E-state index in [1.165, 1.54) is 10.9 Å². The topological polar surface area (TPSA) is 53.6 Å². The van der Waals surface area contributed by atoms with E-state index in [1.807, 2.05) is 36.5 Å². The second kappa shape index (κ2) is 5.93. The number of anilines is 1. The number of hydrogen-bond donors (Lipinski definition) is 2. The number of rotatable bonds is 4. The summed E-state index contributed by atoms with van der Waals surface area (Å²) in [6.45, 7) is 0.703. The Kier molecular flexibility index (Phi) is 3.48. The summed E-state index contributed by atoms with van der Waals surface area (Å²) in [7, 11) is 0. The van der Waals surface area contributed by atoms with Crippen molar-refractivity contribution in [3.8, 4) is 11.3 Å². The van der Waals surface area contributed by atoms with Crippen LogP contribution >= 0.6 is 0 Å². The highest BCUT2D eigenvalue weighted by molar-refractivity contribution is 5.83. The fourth-order valence-electron chi connectivity index (χ4n) is 2.75. The second-order valence-electron chi connectivity index (χ2n) is 5.33. The Labute approximate surface area is 134 Å². The molecule has 0 aliphatic heterocycles. The molecule has 4 nitrogen and oxygen atoms in total. The molecule has 0 amide bonds. The van der Waals surface area contributed by atoms with E-state index in [9.17, 15) is 0 Å². The largest absolute Gasteiger partial charge is 0.365 e. The molecular formula is C19H16N4. The van der Waals surface area contributed by atoms with Crippen molar-refractivity contribution < 1.29 is 0 Å². The number of para-hydroxylation sites is 1. The molecule has 0 fully saturated rings. The molecule has 23 heavy (non-hydrogen) atoms. The first-order chi connectivity index (χ1) is 11.4. The van der Waals surface area contributed by atoms with Gasteiger partial charge in [-0.3, -0.25) is 4.98 Å². The first kappa shape index (κ1) is 13.5. The van der Waals surface area contributed by atoms with Gasteiger partial charge in [0.15, 0.2) is 0 Å². The van der Waals surface area contributed by atoms with Crippen LogP contribution in [0.1, 0.15) is 5.56 Å². The zero-order valence-corrected chi connectivity index (χ0v) is 12.5. The Bertz CT molecular complexity index is 928. The van der Waals surface area contributed by atoms with E-state index in [4.69, 9.17) is 0 Å². The quantitative estimate of drug-likeness (QED) is 0.593. The lowest BCUT2D eigenvalue weighted by Gasteiger charge is -2.11. The highest BCUT2D eigenvalue weighted by Crippen LogP contribution is 2.25. The fraction of sp³-hybridized carbons (Fsp3) is 0.0526. The monoisotopic (exact) mass is 300 g/mol. The lowest BCUT2D eigenvalue weighted by molar-refractivity contribution is 1.12. The maximum Gasteiger partial charge on any atom is 0.135 e. The fourth-order valence-corrected chi connectivity index (χ4v) is 2.75. The molecule has 0 bridgehead atoms. The third-order valence-corrected chi connectivity index (χ3v) is 3.87. The molecule has 4 aromatic rings. The molecule has 1 aromatic carbocycles. The Morgan fingerprint density at radius 3 is 2.74 bits per heavy atom. The normalized spacial score (nSPS) is 10.8. The average Bonchev–Trinajstić information content (AvgIpc) is 3.10. The van der Waals surface area contributed by atoms with Crippen molar-refractivity contribution in [3.63, 3.8) is 0 Å². The molecule has 4 heteroatoms. The van der Waals surface area contributed by atoms with Crippen molar-refractivity contribution in [1.82, 2.24) is 15.0 Å². The van der Waals surface area contributed by atoms with Gasteiger partial charge in [-0.25, -0.2) is 4.98 Å². The zero-order chi connectivity index (χ0) is 15.5. The van der Waals surface area contributed by atoms with E-state index in [1.54, 1.807) is 12.4 Å². The van der Waals surface area contributed by atoms with E-state index in [-0.39, 0.29) is 0 Å². The van der Waals surface area contributed by atoms with Crippen LogP contribution in [0.15, 0.2) is 73.2 Å². The molecule has 0 aliphatic rings. The van der Waals surface area contributed by atoms with E-state index in [0.717, 1.165) is 22.6 Å². The summed E-state index contributed by atoms with van der Waals surface area (Å²) < 4.78 is 0. The summed E-state index contributed by atoms with van der Waals surface area (Å²) in [5, 5.41) is 4.66. The predicted molar refractivity (Wildman–Crippen MR) is 93.1 cm³/mol. The van der Waals surface area contributed by atoms with Gasteiger partial charge in [0.05, 0.1) is 11.2 Å². The number of pyridine rings is 2. The van der Waals surface area contributed by atoms with E-state index < -0.39 is 0 Å². The van der Waals surface area contributed by atoms with Gasteiger partial charge < -0.3 is 10.3 Å². The SMILES string of the molecule is c1ccc(-c2cccnc2NCc2cccc3cc[nH]c23)nc1. The highest BCUT2D eigenvalue weighted by atomic mass is 15.0. The maximum atomic E-state index is 4.48.